The number of amides is 5. The number of unbranched alkanes of at least 4 members (excludes halogenated alkanes) is 2. The number of imide groups is 1. The summed E-state index contributed by atoms with van der Waals surface area (Å²) < 4.78 is 5.28. The standard InChI is InChI=1S/C34H46N4O9S.Rb.H2/c1-23(39)7-3-2-6-14-35-32(44)22-48-29-18-33(45)38(34(29)46)20-30(42)36-15-16-47-21-31(43)37-19-25-12-10-24(11-13-25)17-28(41)26-8-4-5-9-27(26)40;;/h10-13,26,29H,2-9,14-22H2,1H3,(H3,35,36,37,42,43,44);;1H/q;+1;/p-1. The predicted octanol–water partition coefficient (Wildman–Crippen LogP) is -0.533. The summed E-state index contributed by atoms with van der Waals surface area (Å²) in [4.78, 5) is 97.8. The first-order valence-electron chi connectivity index (χ1n) is 16.4. The van der Waals surface area contributed by atoms with Crippen LogP contribution < -0.4 is 68.8 Å². The molecule has 0 aromatic heterocycles. The first-order valence-corrected chi connectivity index (χ1v) is 17.5. The third-order valence-corrected chi connectivity index (χ3v) is 9.22. The van der Waals surface area contributed by atoms with Crippen LogP contribution in [-0.2, 0) is 56.1 Å². The van der Waals surface area contributed by atoms with Gasteiger partial charge in [-0.2, -0.15) is 0 Å². The molecule has 1 aromatic carbocycles. The van der Waals surface area contributed by atoms with E-state index in [1.165, 1.54) is 0 Å². The van der Waals surface area contributed by atoms with E-state index in [1.54, 1.807) is 31.2 Å². The van der Waals surface area contributed by atoms with Crippen LogP contribution in [0.3, 0.4) is 0 Å². The normalized spacial score (nSPS) is 17.3. The molecule has 3 rings (SSSR count). The Morgan fingerprint density at radius 2 is 1.67 bits per heavy atom. The van der Waals surface area contributed by atoms with Crippen molar-refractivity contribution in [2.24, 2.45) is 5.92 Å². The van der Waals surface area contributed by atoms with Crippen LogP contribution in [0, 0.1) is 5.92 Å². The van der Waals surface area contributed by atoms with Crippen LogP contribution in [0.2, 0.25) is 0 Å². The second kappa shape index (κ2) is 23.4. The molecule has 2 fully saturated rings. The summed E-state index contributed by atoms with van der Waals surface area (Å²) in [5.41, 5.74) is 1.59. The summed E-state index contributed by atoms with van der Waals surface area (Å²) in [7, 11) is 0. The molecule has 1 aliphatic carbocycles. The summed E-state index contributed by atoms with van der Waals surface area (Å²) in [6.07, 6.45) is 5.85. The average molecular weight is 773 g/mol. The van der Waals surface area contributed by atoms with Crippen molar-refractivity contribution in [3.05, 3.63) is 40.7 Å². The molecule has 2 atom stereocenters. The van der Waals surface area contributed by atoms with Crippen LogP contribution in [0.25, 0.3) is 5.32 Å². The van der Waals surface area contributed by atoms with Crippen molar-refractivity contribution in [1.29, 1.82) is 0 Å². The molecule has 13 nitrogen and oxygen atoms in total. The number of nitrogens with zero attached hydrogens (tertiary/aromatic N) is 2. The Labute approximate surface area is 341 Å². The van der Waals surface area contributed by atoms with Gasteiger partial charge in [-0.1, -0.05) is 42.7 Å². The van der Waals surface area contributed by atoms with Gasteiger partial charge in [0.25, 0.3) is 0 Å². The molecule has 2 N–H and O–H groups in total. The number of thioether (sulfide) groups is 1. The van der Waals surface area contributed by atoms with E-state index in [0.717, 1.165) is 59.9 Å². The molecule has 2 unspecified atom stereocenters. The van der Waals surface area contributed by atoms with Gasteiger partial charge in [0.15, 0.2) is 0 Å². The van der Waals surface area contributed by atoms with Gasteiger partial charge in [-0.05, 0) is 38.2 Å². The molecule has 15 heteroatoms. The minimum absolute atomic E-state index is 0. The first-order chi connectivity index (χ1) is 23.0. The molecule has 1 aliphatic heterocycles. The van der Waals surface area contributed by atoms with Gasteiger partial charge in [0.1, 0.15) is 23.9 Å². The molecule has 49 heavy (non-hydrogen) atoms. The number of carbonyl (C=O) groups excluding carboxylic acids is 8. The average Bonchev–Trinajstić information content (AvgIpc) is 3.32. The van der Waals surface area contributed by atoms with Crippen LogP contribution in [0.15, 0.2) is 24.3 Å². The number of rotatable bonds is 21. The van der Waals surface area contributed by atoms with E-state index in [2.05, 4.69) is 16.0 Å². The molecule has 0 spiro atoms. The summed E-state index contributed by atoms with van der Waals surface area (Å²) in [6, 6.07) is 7.17. The van der Waals surface area contributed by atoms with E-state index < -0.39 is 41.3 Å². The fourth-order valence-electron chi connectivity index (χ4n) is 5.34. The molecule has 1 heterocycles. The number of nitrogens with one attached hydrogen (secondary N) is 2. The van der Waals surface area contributed by atoms with Crippen molar-refractivity contribution in [1.82, 2.24) is 15.5 Å². The molecule has 1 aromatic rings. The maximum absolute atomic E-state index is 12.6. The van der Waals surface area contributed by atoms with Crippen molar-refractivity contribution in [3.63, 3.8) is 0 Å². The number of hydrogen-bond donors (Lipinski definition) is 2. The maximum atomic E-state index is 12.6. The van der Waals surface area contributed by atoms with Crippen LogP contribution in [0.1, 0.15) is 77.3 Å². The molecule has 0 radical (unpaired) electrons. The van der Waals surface area contributed by atoms with Crippen molar-refractivity contribution in [2.45, 2.75) is 82.9 Å². The minimum atomic E-state index is -0.731. The van der Waals surface area contributed by atoms with Gasteiger partial charge in [0, 0.05) is 40.2 Å². The van der Waals surface area contributed by atoms with Crippen molar-refractivity contribution in [3.8, 4) is 0 Å². The summed E-state index contributed by atoms with van der Waals surface area (Å²) in [6.45, 7) is 1.50. The smallest absolute Gasteiger partial charge is 0.648 e. The number of ether oxygens (including phenoxy) is 1. The van der Waals surface area contributed by atoms with E-state index >= 15 is 0 Å². The van der Waals surface area contributed by atoms with Crippen molar-refractivity contribution in [2.75, 3.05) is 38.6 Å². The maximum Gasteiger partial charge on any atom is 1.00 e. The fourth-order valence-corrected chi connectivity index (χ4v) is 6.32. The zero-order chi connectivity index (χ0) is 34.9. The van der Waals surface area contributed by atoms with E-state index in [9.17, 15) is 38.4 Å². The third kappa shape index (κ3) is 16.2. The van der Waals surface area contributed by atoms with Gasteiger partial charge in [0.2, 0.25) is 23.6 Å². The summed E-state index contributed by atoms with van der Waals surface area (Å²) in [5.74, 6) is -2.63. The molecular formula is C34H47N4O9RbS. The fraction of sp³-hybridized carbons (Fsp3) is 0.588. The number of hydrogen-bond acceptors (Lipinski definition) is 10. The topological polar surface area (TPSA) is 187 Å². The quantitative estimate of drug-likeness (QED) is 0.0935. The summed E-state index contributed by atoms with van der Waals surface area (Å²) >= 11 is 1.06. The van der Waals surface area contributed by atoms with Gasteiger partial charge >= 0.3 is 58.2 Å². The van der Waals surface area contributed by atoms with E-state index in [-0.39, 0.29) is 128 Å². The van der Waals surface area contributed by atoms with Gasteiger partial charge in [0.05, 0.1) is 36.0 Å². The molecular weight excluding hydrogens is 726 g/mol. The Kier molecular flexibility index (Phi) is 20.6. The van der Waals surface area contributed by atoms with E-state index in [4.69, 9.17) is 4.74 Å². The zero-order valence-corrected chi connectivity index (χ0v) is 34.2. The molecule has 0 bridgehead atoms. The molecule has 5 amide bonds. The number of Topliss-reactive ketones (excluding diaryl/α,β-unsaturated/α-hetero) is 3. The summed E-state index contributed by atoms with van der Waals surface area (Å²) in [5, 5.41) is 8.55. The van der Waals surface area contributed by atoms with Crippen LogP contribution in [-0.4, -0.2) is 95.6 Å². The molecule has 1 saturated heterocycles. The SMILES string of the molecule is CC(=O)CCCCCNC(=O)CSC1CC(=O)N(CC(=O)NCCOCC(=O)[N-]Cc2ccc(CC(=O)C3CCCCC3=O)cc2)C1=O.[HH].[Rb+]. The second-order valence-electron chi connectivity index (χ2n) is 12.0. The number of carbonyl (C=O) groups is 8. The van der Waals surface area contributed by atoms with Crippen LogP contribution >= 0.6 is 11.8 Å². The minimum Gasteiger partial charge on any atom is -0.648 e. The monoisotopic (exact) mass is 772 g/mol. The van der Waals surface area contributed by atoms with Crippen molar-refractivity contribution >= 4 is 58.6 Å². The molecule has 2 aliphatic rings. The van der Waals surface area contributed by atoms with Crippen LogP contribution in [0.4, 0.5) is 0 Å². The Morgan fingerprint density at radius 3 is 2.39 bits per heavy atom. The Hall–Kier alpha value is -2.10. The Bertz CT molecular complexity index is 1350. The third-order valence-electron chi connectivity index (χ3n) is 8.02. The van der Waals surface area contributed by atoms with Gasteiger partial charge < -0.3 is 30.3 Å². The zero-order valence-electron chi connectivity index (χ0n) is 28.5. The van der Waals surface area contributed by atoms with Gasteiger partial charge in [-0.25, -0.2) is 0 Å². The Morgan fingerprint density at radius 1 is 0.959 bits per heavy atom. The van der Waals surface area contributed by atoms with Crippen molar-refractivity contribution < 1.29 is 103 Å². The van der Waals surface area contributed by atoms with Crippen LogP contribution in [0.5, 0.6) is 0 Å². The molecule has 264 valence electrons. The van der Waals surface area contributed by atoms with E-state index in [0.29, 0.717) is 25.8 Å². The predicted molar refractivity (Wildman–Crippen MR) is 180 cm³/mol. The number of ketones is 3. The number of likely N-dealkylation sites (tertiary alicyclic amines) is 1. The Balaban J connectivity index is 0.00000625. The number of benzene rings is 1. The largest absolute Gasteiger partial charge is 1.00 e. The van der Waals surface area contributed by atoms with Gasteiger partial charge in [-0.3, -0.25) is 33.7 Å². The van der Waals surface area contributed by atoms with E-state index in [1.807, 2.05) is 0 Å². The first kappa shape index (κ1) is 43.1. The second-order valence-corrected chi connectivity index (χ2v) is 13.2. The molecule has 1 saturated carbocycles. The van der Waals surface area contributed by atoms with Gasteiger partial charge in [-0.15, -0.1) is 18.3 Å².